The number of hydrogen-bond acceptors (Lipinski definition) is 4. The van der Waals surface area contributed by atoms with E-state index in [1.54, 1.807) is 18.3 Å². The van der Waals surface area contributed by atoms with Gasteiger partial charge in [0.1, 0.15) is 11.3 Å². The molecule has 0 spiro atoms. The highest BCUT2D eigenvalue weighted by molar-refractivity contribution is 7.98. The molecule has 2 heterocycles. The van der Waals surface area contributed by atoms with E-state index in [9.17, 15) is 9.18 Å². The zero-order chi connectivity index (χ0) is 24.1. The number of thioether (sulfide) groups is 1. The lowest BCUT2D eigenvalue weighted by Crippen LogP contribution is -2.25. The van der Waals surface area contributed by atoms with Gasteiger partial charge >= 0.3 is 0 Å². The number of carbonyl (C=O) groups excluding carboxylic acids is 1. The lowest BCUT2D eigenvalue weighted by atomic mass is 10.1. The van der Waals surface area contributed by atoms with Crippen molar-refractivity contribution in [1.82, 2.24) is 19.9 Å². The van der Waals surface area contributed by atoms with Crippen LogP contribution < -0.4 is 5.32 Å². The van der Waals surface area contributed by atoms with Gasteiger partial charge in [-0.25, -0.2) is 14.4 Å². The minimum Gasteiger partial charge on any atom is -0.352 e. The molecule has 0 saturated heterocycles. The van der Waals surface area contributed by atoms with Crippen LogP contribution in [0.15, 0.2) is 66.0 Å². The molecule has 0 aliphatic rings. The summed E-state index contributed by atoms with van der Waals surface area (Å²) in [5.41, 5.74) is 3.52. The number of nitrogens with one attached hydrogen (secondary N) is 1. The second-order valence-electron chi connectivity index (χ2n) is 8.45. The van der Waals surface area contributed by atoms with E-state index in [0.29, 0.717) is 40.0 Å². The Labute approximate surface area is 207 Å². The number of carbonyl (C=O) groups is 1. The van der Waals surface area contributed by atoms with E-state index in [2.05, 4.69) is 24.1 Å². The number of fused-ring (bicyclic) bond motifs is 1. The zero-order valence-electron chi connectivity index (χ0n) is 19.1. The maximum absolute atomic E-state index is 14.5. The number of halogens is 2. The first-order chi connectivity index (χ1) is 16.4. The first kappa shape index (κ1) is 24.2. The van der Waals surface area contributed by atoms with Gasteiger partial charge in [-0.05, 0) is 54.3 Å². The fraction of sp³-hybridized carbons (Fsp3) is 0.269. The average molecular weight is 497 g/mol. The fourth-order valence-corrected chi connectivity index (χ4v) is 4.69. The van der Waals surface area contributed by atoms with Gasteiger partial charge in [-0.3, -0.25) is 9.36 Å². The molecule has 4 aromatic rings. The summed E-state index contributed by atoms with van der Waals surface area (Å²) in [7, 11) is 0. The van der Waals surface area contributed by atoms with Gasteiger partial charge in [0.05, 0.1) is 6.54 Å². The summed E-state index contributed by atoms with van der Waals surface area (Å²) in [5, 5.41) is 4.05. The van der Waals surface area contributed by atoms with Gasteiger partial charge < -0.3 is 5.32 Å². The van der Waals surface area contributed by atoms with Crippen molar-refractivity contribution in [2.75, 3.05) is 6.54 Å². The van der Waals surface area contributed by atoms with Crippen molar-refractivity contribution in [3.05, 3.63) is 88.3 Å². The van der Waals surface area contributed by atoms with Crippen LogP contribution in [0.2, 0.25) is 5.02 Å². The molecule has 0 atom stereocenters. The second-order valence-corrected chi connectivity index (χ2v) is 9.80. The molecule has 8 heteroatoms. The van der Waals surface area contributed by atoms with Crippen LogP contribution in [0.3, 0.4) is 0 Å². The minimum atomic E-state index is -0.358. The van der Waals surface area contributed by atoms with Crippen LogP contribution in [0.25, 0.3) is 11.2 Å². The van der Waals surface area contributed by atoms with E-state index in [0.717, 1.165) is 22.7 Å². The molecule has 2 aromatic carbocycles. The summed E-state index contributed by atoms with van der Waals surface area (Å²) < 4.78 is 16.4. The van der Waals surface area contributed by atoms with Crippen LogP contribution >= 0.6 is 23.4 Å². The van der Waals surface area contributed by atoms with Crippen LogP contribution in [-0.4, -0.2) is 27.0 Å². The molecule has 0 aliphatic carbocycles. The molecular weight excluding hydrogens is 471 g/mol. The van der Waals surface area contributed by atoms with Crippen LogP contribution in [0.1, 0.15) is 41.8 Å². The minimum absolute atomic E-state index is 0.0607. The second kappa shape index (κ2) is 11.0. The highest BCUT2D eigenvalue weighted by Crippen LogP contribution is 2.29. The number of rotatable bonds is 9. The van der Waals surface area contributed by atoms with Gasteiger partial charge in [0, 0.05) is 34.6 Å². The average Bonchev–Trinajstić information content (AvgIpc) is 3.17. The van der Waals surface area contributed by atoms with Crippen LogP contribution in [0, 0.1) is 11.7 Å². The Morgan fingerprint density at radius 3 is 2.68 bits per heavy atom. The van der Waals surface area contributed by atoms with E-state index in [1.165, 1.54) is 17.8 Å². The summed E-state index contributed by atoms with van der Waals surface area (Å²) in [6.45, 7) is 5.17. The molecule has 0 bridgehead atoms. The molecule has 2 aromatic heterocycles. The molecule has 4 rings (SSSR count). The lowest BCUT2D eigenvalue weighted by Gasteiger charge is -2.11. The van der Waals surface area contributed by atoms with E-state index in [-0.39, 0.29) is 18.3 Å². The smallest absolute Gasteiger partial charge is 0.251 e. The van der Waals surface area contributed by atoms with Crippen molar-refractivity contribution < 1.29 is 9.18 Å². The van der Waals surface area contributed by atoms with Gasteiger partial charge in [0.15, 0.2) is 10.8 Å². The highest BCUT2D eigenvalue weighted by Gasteiger charge is 2.16. The Bertz CT molecular complexity index is 1270. The maximum Gasteiger partial charge on any atom is 0.251 e. The Morgan fingerprint density at radius 1 is 1.15 bits per heavy atom. The number of pyridine rings is 1. The Balaban J connectivity index is 1.49. The lowest BCUT2D eigenvalue weighted by molar-refractivity contribution is 0.0952. The van der Waals surface area contributed by atoms with Crippen molar-refractivity contribution in [2.45, 2.75) is 37.7 Å². The number of hydrogen-bond donors (Lipinski definition) is 1. The normalized spacial score (nSPS) is 11.3. The molecule has 1 N–H and O–H groups in total. The third-order valence-electron chi connectivity index (χ3n) is 5.44. The fourth-order valence-electron chi connectivity index (χ4n) is 3.51. The zero-order valence-corrected chi connectivity index (χ0v) is 20.7. The largest absolute Gasteiger partial charge is 0.352 e. The van der Waals surface area contributed by atoms with Gasteiger partial charge in [-0.2, -0.15) is 0 Å². The molecule has 0 radical (unpaired) electrons. The summed E-state index contributed by atoms with van der Waals surface area (Å²) in [6.07, 6.45) is 2.65. The Hall–Kier alpha value is -2.90. The van der Waals surface area contributed by atoms with E-state index < -0.39 is 0 Å². The third kappa shape index (κ3) is 5.77. The summed E-state index contributed by atoms with van der Waals surface area (Å²) in [5.74, 6) is 0.773. The van der Waals surface area contributed by atoms with Gasteiger partial charge in [-0.15, -0.1) is 0 Å². The van der Waals surface area contributed by atoms with Crippen molar-refractivity contribution in [3.63, 3.8) is 0 Å². The molecule has 0 fully saturated rings. The van der Waals surface area contributed by atoms with Crippen LogP contribution in [-0.2, 0) is 12.3 Å². The maximum atomic E-state index is 14.5. The summed E-state index contributed by atoms with van der Waals surface area (Å²) in [4.78, 5) is 21.5. The number of imidazole rings is 1. The van der Waals surface area contributed by atoms with Gasteiger partial charge in [0.2, 0.25) is 0 Å². The SMILES string of the molecule is CC(C)CCNC(=O)c1ccc(CSc2nc3cccnc3n2Cc2c(F)cccc2Cl)cc1. The third-order valence-corrected chi connectivity index (χ3v) is 6.84. The molecule has 176 valence electrons. The molecule has 34 heavy (non-hydrogen) atoms. The van der Waals surface area contributed by atoms with Crippen molar-refractivity contribution in [3.8, 4) is 0 Å². The van der Waals surface area contributed by atoms with Gasteiger partial charge in [-0.1, -0.05) is 55.4 Å². The first-order valence-electron chi connectivity index (χ1n) is 11.2. The number of aromatic nitrogens is 3. The topological polar surface area (TPSA) is 59.8 Å². The number of nitrogens with zero attached hydrogens (tertiary/aromatic N) is 3. The monoisotopic (exact) mass is 496 g/mol. The van der Waals surface area contributed by atoms with Crippen molar-refractivity contribution in [2.24, 2.45) is 5.92 Å². The number of benzene rings is 2. The Morgan fingerprint density at radius 2 is 1.94 bits per heavy atom. The highest BCUT2D eigenvalue weighted by atomic mass is 35.5. The first-order valence-corrected chi connectivity index (χ1v) is 12.5. The number of amides is 1. The van der Waals surface area contributed by atoms with Crippen molar-refractivity contribution in [1.29, 1.82) is 0 Å². The standard InChI is InChI=1S/C26H26ClFN4OS/c1-17(2)12-14-30-25(33)19-10-8-18(9-11-19)16-34-26-31-23-7-4-13-29-24(23)32(26)15-20-21(27)5-3-6-22(20)28/h3-11,13,17H,12,14-16H2,1-2H3,(H,30,33). The predicted molar refractivity (Wildman–Crippen MR) is 136 cm³/mol. The molecule has 0 aliphatic heterocycles. The van der Waals surface area contributed by atoms with Crippen LogP contribution in [0.5, 0.6) is 0 Å². The van der Waals surface area contributed by atoms with E-state index >= 15 is 0 Å². The van der Waals surface area contributed by atoms with Crippen LogP contribution in [0.4, 0.5) is 4.39 Å². The molecule has 5 nitrogen and oxygen atoms in total. The van der Waals surface area contributed by atoms with Gasteiger partial charge in [0.25, 0.3) is 5.91 Å². The van der Waals surface area contributed by atoms with E-state index in [1.807, 2.05) is 41.0 Å². The quantitative estimate of drug-likeness (QED) is 0.275. The molecule has 0 saturated carbocycles. The molecule has 0 unspecified atom stereocenters. The Kier molecular flexibility index (Phi) is 7.85. The molecule has 1 amide bonds. The predicted octanol–water partition coefficient (Wildman–Crippen LogP) is 6.34. The summed E-state index contributed by atoms with van der Waals surface area (Å²) in [6, 6.07) is 16.0. The summed E-state index contributed by atoms with van der Waals surface area (Å²) >= 11 is 7.81. The molecular formula is C26H26ClFN4OS. The van der Waals surface area contributed by atoms with Crippen molar-refractivity contribution >= 4 is 40.4 Å². The van der Waals surface area contributed by atoms with E-state index in [4.69, 9.17) is 16.6 Å².